The van der Waals surface area contributed by atoms with Crippen molar-refractivity contribution in [3.63, 3.8) is 0 Å². The number of rotatable bonds is 4. The highest BCUT2D eigenvalue weighted by Gasteiger charge is 2.41. The third-order valence-electron chi connectivity index (χ3n) is 6.73. The minimum atomic E-state index is 0.0475. The summed E-state index contributed by atoms with van der Waals surface area (Å²) in [7, 11) is 0. The average molecular weight is 380 g/mol. The van der Waals surface area contributed by atoms with Crippen LogP contribution in [-0.2, 0) is 13.0 Å². The van der Waals surface area contributed by atoms with E-state index in [4.69, 9.17) is 4.98 Å². The van der Waals surface area contributed by atoms with Gasteiger partial charge < -0.3 is 4.90 Å². The molecule has 0 radical (unpaired) electrons. The van der Waals surface area contributed by atoms with Crippen LogP contribution in [0.25, 0.3) is 10.9 Å². The Bertz CT molecular complexity index is 972. The van der Waals surface area contributed by atoms with Gasteiger partial charge in [0.1, 0.15) is 5.82 Å². The molecule has 5 heteroatoms. The van der Waals surface area contributed by atoms with E-state index >= 15 is 0 Å². The molecule has 2 saturated carbocycles. The number of carbonyl (C=O) groups is 1. The second kappa shape index (κ2) is 7.02. The van der Waals surface area contributed by atoms with Gasteiger partial charge in [-0.1, -0.05) is 12.8 Å². The fraction of sp³-hybridized carbons (Fsp3) is 0.609. The molecule has 3 aliphatic rings. The maximum atomic E-state index is 13.3. The first-order valence-corrected chi connectivity index (χ1v) is 11.0. The Morgan fingerprint density at radius 3 is 2.68 bits per heavy atom. The van der Waals surface area contributed by atoms with Crippen LogP contribution in [0.2, 0.25) is 0 Å². The van der Waals surface area contributed by atoms with Gasteiger partial charge in [0.2, 0.25) is 0 Å². The van der Waals surface area contributed by atoms with Gasteiger partial charge in [-0.15, -0.1) is 0 Å². The molecule has 0 spiro atoms. The molecule has 1 aliphatic heterocycles. The number of fused-ring (bicyclic) bond motifs is 2. The summed E-state index contributed by atoms with van der Waals surface area (Å²) < 4.78 is 1.86. The zero-order valence-electron chi connectivity index (χ0n) is 16.7. The molecular formula is C23H29N3O2. The Kier molecular flexibility index (Phi) is 4.48. The van der Waals surface area contributed by atoms with Crippen molar-refractivity contribution in [3.05, 3.63) is 39.9 Å². The average Bonchev–Trinajstić information content (AvgIpc) is 3.55. The second-order valence-electron chi connectivity index (χ2n) is 8.90. The lowest BCUT2D eigenvalue weighted by molar-refractivity contribution is 0.0654. The first-order valence-electron chi connectivity index (χ1n) is 11.0. The van der Waals surface area contributed by atoms with Gasteiger partial charge in [-0.25, -0.2) is 4.98 Å². The normalized spacial score (nSPS) is 20.9. The van der Waals surface area contributed by atoms with E-state index in [0.29, 0.717) is 34.5 Å². The summed E-state index contributed by atoms with van der Waals surface area (Å²) in [5, 5.41) is 0.633. The van der Waals surface area contributed by atoms with Gasteiger partial charge >= 0.3 is 0 Å². The zero-order chi connectivity index (χ0) is 19.3. The van der Waals surface area contributed by atoms with Gasteiger partial charge in [-0.3, -0.25) is 14.2 Å². The van der Waals surface area contributed by atoms with Crippen LogP contribution in [0.1, 0.15) is 74.5 Å². The third-order valence-corrected chi connectivity index (χ3v) is 6.73. The second-order valence-corrected chi connectivity index (χ2v) is 8.90. The number of carbonyl (C=O) groups excluding carboxylic acids is 1. The lowest BCUT2D eigenvalue weighted by Gasteiger charge is -2.29. The highest BCUT2D eigenvalue weighted by Crippen LogP contribution is 2.40. The molecular weight excluding hydrogens is 350 g/mol. The number of benzene rings is 1. The number of amides is 1. The van der Waals surface area contributed by atoms with E-state index in [1.54, 1.807) is 0 Å². The lowest BCUT2D eigenvalue weighted by atomic mass is 10.1. The van der Waals surface area contributed by atoms with Gasteiger partial charge in [-0.2, -0.15) is 0 Å². The summed E-state index contributed by atoms with van der Waals surface area (Å²) in [6, 6.07) is 6.21. The molecule has 2 fully saturated rings. The minimum absolute atomic E-state index is 0.0475. The van der Waals surface area contributed by atoms with Crippen LogP contribution in [0.3, 0.4) is 0 Å². The highest BCUT2D eigenvalue weighted by atomic mass is 16.2. The molecule has 28 heavy (non-hydrogen) atoms. The van der Waals surface area contributed by atoms with Crippen LogP contribution in [0.15, 0.2) is 23.0 Å². The fourth-order valence-corrected chi connectivity index (χ4v) is 4.72. The summed E-state index contributed by atoms with van der Waals surface area (Å²) in [5.41, 5.74) is 1.40. The van der Waals surface area contributed by atoms with E-state index in [-0.39, 0.29) is 11.5 Å². The van der Waals surface area contributed by atoms with E-state index in [0.717, 1.165) is 44.5 Å². The van der Waals surface area contributed by atoms with Gasteiger partial charge in [0.15, 0.2) is 0 Å². The molecule has 0 saturated heterocycles. The molecule has 2 aliphatic carbocycles. The van der Waals surface area contributed by atoms with Crippen molar-refractivity contribution >= 4 is 16.8 Å². The highest BCUT2D eigenvalue weighted by molar-refractivity contribution is 5.98. The predicted molar refractivity (Wildman–Crippen MR) is 110 cm³/mol. The Morgan fingerprint density at radius 1 is 1.14 bits per heavy atom. The van der Waals surface area contributed by atoms with Crippen molar-refractivity contribution in [2.24, 2.45) is 5.92 Å². The van der Waals surface area contributed by atoms with Crippen molar-refractivity contribution in [2.75, 3.05) is 0 Å². The molecule has 5 nitrogen and oxygen atoms in total. The largest absolute Gasteiger partial charge is 0.333 e. The van der Waals surface area contributed by atoms with Crippen LogP contribution >= 0.6 is 0 Å². The van der Waals surface area contributed by atoms with E-state index in [2.05, 4.69) is 11.8 Å². The van der Waals surface area contributed by atoms with Crippen LogP contribution in [-0.4, -0.2) is 32.4 Å². The molecule has 0 bridgehead atoms. The molecule has 1 atom stereocenters. The number of hydrogen-bond donors (Lipinski definition) is 0. The van der Waals surface area contributed by atoms with Gasteiger partial charge in [0.25, 0.3) is 11.5 Å². The fourth-order valence-electron chi connectivity index (χ4n) is 4.72. The zero-order valence-corrected chi connectivity index (χ0v) is 16.7. The van der Waals surface area contributed by atoms with Gasteiger partial charge in [0, 0.05) is 30.6 Å². The van der Waals surface area contributed by atoms with E-state index in [1.165, 1.54) is 25.7 Å². The summed E-state index contributed by atoms with van der Waals surface area (Å²) in [6.45, 7) is 2.95. The summed E-state index contributed by atoms with van der Waals surface area (Å²) in [4.78, 5) is 33.3. The topological polar surface area (TPSA) is 55.2 Å². The quantitative estimate of drug-likeness (QED) is 0.809. The predicted octanol–water partition coefficient (Wildman–Crippen LogP) is 3.92. The molecule has 0 N–H and O–H groups in total. The molecule has 148 valence electrons. The molecule has 2 heterocycles. The third kappa shape index (κ3) is 3.25. The molecule has 2 aromatic rings. The molecule has 1 aromatic carbocycles. The van der Waals surface area contributed by atoms with Crippen LogP contribution in [0.4, 0.5) is 0 Å². The van der Waals surface area contributed by atoms with Crippen LogP contribution in [0, 0.1) is 5.92 Å². The first-order chi connectivity index (χ1) is 13.6. The molecule has 1 amide bonds. The maximum absolute atomic E-state index is 13.3. The Balaban J connectivity index is 1.52. The van der Waals surface area contributed by atoms with Crippen molar-refractivity contribution < 1.29 is 4.79 Å². The SMILES string of the molecule is CC(C1CC1)N(C(=O)c1ccc2c(=O)n3c(nc2c1)CCCCCC3)C1CC1. The first kappa shape index (κ1) is 17.9. The van der Waals surface area contributed by atoms with E-state index < -0.39 is 0 Å². The van der Waals surface area contributed by atoms with Crippen molar-refractivity contribution in [2.45, 2.75) is 83.3 Å². The standard InChI is InChI=1S/C23H29N3O2/c1-15(16-7-8-16)26(18-10-11-18)22(27)17-9-12-19-20(14-17)24-21-6-4-2-3-5-13-25(21)23(19)28/h9,12,14-16,18H,2-8,10-11,13H2,1H3. The van der Waals surface area contributed by atoms with Crippen molar-refractivity contribution in [1.82, 2.24) is 14.5 Å². The number of aromatic nitrogens is 2. The Labute approximate surface area is 165 Å². The van der Waals surface area contributed by atoms with Crippen LogP contribution in [0.5, 0.6) is 0 Å². The van der Waals surface area contributed by atoms with Crippen LogP contribution < -0.4 is 5.56 Å². The Morgan fingerprint density at radius 2 is 1.93 bits per heavy atom. The number of nitrogens with zero attached hydrogens (tertiary/aromatic N) is 3. The minimum Gasteiger partial charge on any atom is -0.333 e. The monoisotopic (exact) mass is 379 g/mol. The number of aryl methyl sites for hydroxylation is 1. The smallest absolute Gasteiger partial charge is 0.261 e. The van der Waals surface area contributed by atoms with E-state index in [1.807, 2.05) is 22.8 Å². The van der Waals surface area contributed by atoms with Gasteiger partial charge in [-0.05, 0) is 69.6 Å². The summed E-state index contributed by atoms with van der Waals surface area (Å²) in [6.07, 6.45) is 10.0. The van der Waals surface area contributed by atoms with Crippen molar-refractivity contribution in [1.29, 1.82) is 0 Å². The van der Waals surface area contributed by atoms with Crippen molar-refractivity contribution in [3.8, 4) is 0 Å². The van der Waals surface area contributed by atoms with Gasteiger partial charge in [0.05, 0.1) is 10.9 Å². The molecule has 5 rings (SSSR count). The maximum Gasteiger partial charge on any atom is 0.261 e. The lowest BCUT2D eigenvalue weighted by Crippen LogP contribution is -2.41. The molecule has 1 unspecified atom stereocenters. The summed E-state index contributed by atoms with van der Waals surface area (Å²) >= 11 is 0. The summed E-state index contributed by atoms with van der Waals surface area (Å²) in [5.74, 6) is 1.65. The van der Waals surface area contributed by atoms with E-state index in [9.17, 15) is 9.59 Å². The Hall–Kier alpha value is -2.17. The number of hydrogen-bond acceptors (Lipinski definition) is 3. The molecule has 1 aromatic heterocycles.